The third kappa shape index (κ3) is 0.540. The van der Waals surface area contributed by atoms with Crippen molar-refractivity contribution in [2.24, 2.45) is 23.2 Å². The maximum atomic E-state index is 11.7. The second-order valence-corrected chi connectivity index (χ2v) is 4.87. The molecule has 0 radical (unpaired) electrons. The highest BCUT2D eigenvalue weighted by atomic mass is 16.2. The molecule has 0 aromatic rings. The summed E-state index contributed by atoms with van der Waals surface area (Å²) in [6, 6.07) is 0. The van der Waals surface area contributed by atoms with Crippen LogP contribution in [0.3, 0.4) is 0 Å². The van der Waals surface area contributed by atoms with Gasteiger partial charge < -0.3 is 5.32 Å². The van der Waals surface area contributed by atoms with Crippen LogP contribution in [0.2, 0.25) is 0 Å². The number of hydrogen-bond acceptors (Lipinski definition) is 1. The van der Waals surface area contributed by atoms with E-state index >= 15 is 0 Å². The van der Waals surface area contributed by atoms with Gasteiger partial charge in [-0.05, 0) is 37.0 Å². The molecule has 2 bridgehead atoms. The van der Waals surface area contributed by atoms with Crippen LogP contribution in [-0.4, -0.2) is 12.5 Å². The zero-order valence-corrected chi connectivity index (χ0v) is 7.47. The molecule has 12 heavy (non-hydrogen) atoms. The number of amides is 1. The molecule has 1 heterocycles. The van der Waals surface area contributed by atoms with Gasteiger partial charge in [0.05, 0.1) is 5.41 Å². The maximum absolute atomic E-state index is 11.7. The van der Waals surface area contributed by atoms with Crippen molar-refractivity contribution in [3.05, 3.63) is 0 Å². The first-order valence-corrected chi connectivity index (χ1v) is 5.01. The lowest BCUT2D eigenvalue weighted by molar-refractivity contribution is -0.130. The Morgan fingerprint density at radius 3 is 3.08 bits per heavy atom. The average molecular weight is 165 g/mol. The molecule has 2 heteroatoms. The maximum Gasteiger partial charge on any atom is 0.226 e. The lowest BCUT2D eigenvalue weighted by Crippen LogP contribution is -2.36. The fourth-order valence-electron chi connectivity index (χ4n) is 3.84. The van der Waals surface area contributed by atoms with Crippen molar-refractivity contribution in [2.45, 2.75) is 26.2 Å². The van der Waals surface area contributed by atoms with E-state index in [1.165, 1.54) is 19.3 Å². The first kappa shape index (κ1) is 6.93. The molecule has 1 amide bonds. The topological polar surface area (TPSA) is 29.1 Å². The van der Waals surface area contributed by atoms with E-state index in [-0.39, 0.29) is 5.41 Å². The van der Waals surface area contributed by atoms with Gasteiger partial charge in [-0.3, -0.25) is 4.79 Å². The van der Waals surface area contributed by atoms with Crippen molar-refractivity contribution >= 4 is 5.91 Å². The third-order valence-corrected chi connectivity index (χ3v) is 4.63. The lowest BCUT2D eigenvalue weighted by atomic mass is 9.69. The second kappa shape index (κ2) is 1.86. The standard InChI is InChI=1S/C10H15NO/c1-10-7-3-2-6(4-7)8(10)5-11-9(10)12/h6-8H,2-5H2,1H3,(H,11,12)/t6-,7-,8-,10-/m0/s1. The van der Waals surface area contributed by atoms with Crippen molar-refractivity contribution < 1.29 is 4.79 Å². The SMILES string of the molecule is C[C@@]12C(=O)NC[C@H]1[C@H]1CC[C@H]2C1. The molecule has 4 atom stereocenters. The predicted molar refractivity (Wildman–Crippen MR) is 45.4 cm³/mol. The van der Waals surface area contributed by atoms with Gasteiger partial charge in [-0.25, -0.2) is 0 Å². The van der Waals surface area contributed by atoms with E-state index in [0.717, 1.165) is 12.5 Å². The van der Waals surface area contributed by atoms with Crippen LogP contribution in [0.15, 0.2) is 0 Å². The summed E-state index contributed by atoms with van der Waals surface area (Å²) in [5, 5.41) is 3.02. The van der Waals surface area contributed by atoms with Gasteiger partial charge >= 0.3 is 0 Å². The van der Waals surface area contributed by atoms with E-state index in [4.69, 9.17) is 0 Å². The minimum absolute atomic E-state index is 0.0307. The second-order valence-electron chi connectivity index (χ2n) is 4.87. The first-order valence-electron chi connectivity index (χ1n) is 5.01. The molecule has 2 nitrogen and oxygen atoms in total. The van der Waals surface area contributed by atoms with Crippen molar-refractivity contribution in [3.8, 4) is 0 Å². The molecule has 3 rings (SSSR count). The molecule has 1 N–H and O–H groups in total. The van der Waals surface area contributed by atoms with Gasteiger partial charge in [-0.1, -0.05) is 6.92 Å². The van der Waals surface area contributed by atoms with Crippen LogP contribution in [-0.2, 0) is 4.79 Å². The largest absolute Gasteiger partial charge is 0.355 e. The number of hydrogen-bond donors (Lipinski definition) is 1. The quantitative estimate of drug-likeness (QED) is 0.573. The zero-order chi connectivity index (χ0) is 8.34. The highest BCUT2D eigenvalue weighted by Gasteiger charge is 2.61. The molecule has 1 aliphatic heterocycles. The molecule has 66 valence electrons. The minimum atomic E-state index is 0.0307. The monoisotopic (exact) mass is 165 g/mol. The molecule has 0 aromatic heterocycles. The normalized spacial score (nSPS) is 55.8. The van der Waals surface area contributed by atoms with Gasteiger partial charge in [0.1, 0.15) is 0 Å². The Morgan fingerprint density at radius 1 is 1.50 bits per heavy atom. The summed E-state index contributed by atoms with van der Waals surface area (Å²) in [7, 11) is 0. The van der Waals surface area contributed by atoms with Crippen molar-refractivity contribution in [1.29, 1.82) is 0 Å². The lowest BCUT2D eigenvalue weighted by Gasteiger charge is -2.32. The van der Waals surface area contributed by atoms with Crippen LogP contribution < -0.4 is 5.32 Å². The Balaban J connectivity index is 2.06. The molecule has 2 saturated carbocycles. The van der Waals surface area contributed by atoms with E-state index in [1.807, 2.05) is 0 Å². The Morgan fingerprint density at radius 2 is 2.33 bits per heavy atom. The van der Waals surface area contributed by atoms with Gasteiger partial charge in [-0.15, -0.1) is 0 Å². The van der Waals surface area contributed by atoms with Crippen LogP contribution in [0.4, 0.5) is 0 Å². The van der Waals surface area contributed by atoms with E-state index < -0.39 is 0 Å². The number of carbonyl (C=O) groups excluding carboxylic acids is 1. The summed E-state index contributed by atoms with van der Waals surface area (Å²) in [5.41, 5.74) is 0.0307. The summed E-state index contributed by atoms with van der Waals surface area (Å²) in [5.74, 6) is 2.57. The van der Waals surface area contributed by atoms with E-state index in [9.17, 15) is 4.79 Å². The molecular formula is C10H15NO. The number of carbonyl (C=O) groups is 1. The Labute approximate surface area is 72.7 Å². The summed E-state index contributed by atoms with van der Waals surface area (Å²) in [6.07, 6.45) is 4.00. The molecule has 3 fully saturated rings. The summed E-state index contributed by atoms with van der Waals surface area (Å²) >= 11 is 0. The van der Waals surface area contributed by atoms with Crippen LogP contribution in [0.1, 0.15) is 26.2 Å². The van der Waals surface area contributed by atoms with E-state index in [2.05, 4.69) is 12.2 Å². The van der Waals surface area contributed by atoms with Crippen molar-refractivity contribution in [3.63, 3.8) is 0 Å². The summed E-state index contributed by atoms with van der Waals surface area (Å²) < 4.78 is 0. The predicted octanol–water partition coefficient (Wildman–Crippen LogP) is 1.17. The summed E-state index contributed by atoms with van der Waals surface area (Å²) in [4.78, 5) is 11.7. The first-order chi connectivity index (χ1) is 5.73. The fourth-order valence-corrected chi connectivity index (χ4v) is 3.84. The third-order valence-electron chi connectivity index (χ3n) is 4.63. The van der Waals surface area contributed by atoms with Crippen LogP contribution >= 0.6 is 0 Å². The number of nitrogens with one attached hydrogen (secondary N) is 1. The van der Waals surface area contributed by atoms with Crippen molar-refractivity contribution in [1.82, 2.24) is 5.32 Å². The minimum Gasteiger partial charge on any atom is -0.355 e. The Bertz CT molecular complexity index is 250. The van der Waals surface area contributed by atoms with Crippen LogP contribution in [0.5, 0.6) is 0 Å². The Hall–Kier alpha value is -0.530. The smallest absolute Gasteiger partial charge is 0.226 e. The highest BCUT2D eigenvalue weighted by Crippen LogP contribution is 2.61. The number of fused-ring (bicyclic) bond motifs is 5. The summed E-state index contributed by atoms with van der Waals surface area (Å²) in [6.45, 7) is 3.14. The molecule has 0 unspecified atom stereocenters. The highest BCUT2D eigenvalue weighted by molar-refractivity contribution is 5.86. The molecule has 1 saturated heterocycles. The van der Waals surface area contributed by atoms with Gasteiger partial charge in [0, 0.05) is 6.54 Å². The molecule has 3 aliphatic rings. The van der Waals surface area contributed by atoms with Crippen LogP contribution in [0.25, 0.3) is 0 Å². The van der Waals surface area contributed by atoms with Crippen molar-refractivity contribution in [2.75, 3.05) is 6.54 Å². The van der Waals surface area contributed by atoms with Gasteiger partial charge in [0.2, 0.25) is 5.91 Å². The fraction of sp³-hybridized carbons (Fsp3) is 0.900. The van der Waals surface area contributed by atoms with Gasteiger partial charge in [0.15, 0.2) is 0 Å². The van der Waals surface area contributed by atoms with Gasteiger partial charge in [-0.2, -0.15) is 0 Å². The number of rotatable bonds is 0. The molecular weight excluding hydrogens is 150 g/mol. The Kier molecular flexibility index (Phi) is 1.07. The zero-order valence-electron chi connectivity index (χ0n) is 7.47. The average Bonchev–Trinajstić information content (AvgIpc) is 2.65. The molecule has 0 spiro atoms. The van der Waals surface area contributed by atoms with E-state index in [1.54, 1.807) is 0 Å². The van der Waals surface area contributed by atoms with Gasteiger partial charge in [0.25, 0.3) is 0 Å². The van der Waals surface area contributed by atoms with E-state index in [0.29, 0.717) is 17.7 Å². The molecule has 0 aromatic carbocycles. The molecule has 2 aliphatic carbocycles. The van der Waals surface area contributed by atoms with Crippen LogP contribution in [0, 0.1) is 23.2 Å².